The molecule has 23 heavy (non-hydrogen) atoms. The van der Waals surface area contributed by atoms with Gasteiger partial charge in [-0.2, -0.15) is 0 Å². The molecular weight excluding hydrogens is 320 g/mol. The highest BCUT2D eigenvalue weighted by Crippen LogP contribution is 2.29. The number of aromatic nitrogens is 1. The number of ether oxygens (including phenoxy) is 1. The van der Waals surface area contributed by atoms with Crippen LogP contribution in [0.3, 0.4) is 0 Å². The van der Waals surface area contributed by atoms with Gasteiger partial charge in [-0.3, -0.25) is 14.6 Å². The molecule has 2 aromatic rings. The van der Waals surface area contributed by atoms with Crippen LogP contribution in [-0.4, -0.2) is 35.1 Å². The summed E-state index contributed by atoms with van der Waals surface area (Å²) < 4.78 is 5.48. The third-order valence-corrected chi connectivity index (χ3v) is 3.67. The maximum Gasteiger partial charge on any atom is 0.310 e. The van der Waals surface area contributed by atoms with Crippen LogP contribution in [-0.2, 0) is 9.59 Å². The number of carbonyl (C=O) groups is 2. The Morgan fingerprint density at radius 1 is 1.35 bits per heavy atom. The molecule has 0 aliphatic carbocycles. The summed E-state index contributed by atoms with van der Waals surface area (Å²) in [6.07, 6.45) is 1.61. The summed E-state index contributed by atoms with van der Waals surface area (Å²) in [4.78, 5) is 27.0. The van der Waals surface area contributed by atoms with E-state index in [-0.39, 0.29) is 13.2 Å². The van der Waals surface area contributed by atoms with Crippen molar-refractivity contribution in [2.75, 3.05) is 13.2 Å². The molecule has 0 atom stereocenters. The van der Waals surface area contributed by atoms with Crippen LogP contribution < -0.4 is 10.1 Å². The predicted octanol–water partition coefficient (Wildman–Crippen LogP) is 2.49. The Morgan fingerprint density at radius 2 is 2.09 bits per heavy atom. The topological polar surface area (TPSA) is 88.5 Å². The van der Waals surface area contributed by atoms with Crippen molar-refractivity contribution in [3.63, 3.8) is 0 Å². The number of nitrogens with zero attached hydrogens (tertiary/aromatic N) is 1. The highest BCUT2D eigenvalue weighted by atomic mass is 35.5. The quantitative estimate of drug-likeness (QED) is 0.846. The molecule has 0 bridgehead atoms. The van der Waals surface area contributed by atoms with Gasteiger partial charge in [0.05, 0.1) is 10.4 Å². The molecule has 0 fully saturated rings. The second-order valence-electron chi connectivity index (χ2n) is 5.70. The number of rotatable bonds is 6. The molecule has 1 aromatic heterocycles. The highest BCUT2D eigenvalue weighted by Gasteiger charge is 2.27. The fraction of sp³-hybridized carbons (Fsp3) is 0.312. The van der Waals surface area contributed by atoms with Crippen LogP contribution in [0.4, 0.5) is 0 Å². The number of nitrogens with one attached hydrogen (secondary N) is 1. The third kappa shape index (κ3) is 4.10. The van der Waals surface area contributed by atoms with Gasteiger partial charge in [-0.05, 0) is 38.1 Å². The average Bonchev–Trinajstić information content (AvgIpc) is 2.52. The van der Waals surface area contributed by atoms with E-state index in [0.29, 0.717) is 16.3 Å². The van der Waals surface area contributed by atoms with Gasteiger partial charge in [0.15, 0.2) is 6.61 Å². The first kappa shape index (κ1) is 17.0. The number of benzene rings is 1. The normalized spacial score (nSPS) is 11.3. The first-order valence-electron chi connectivity index (χ1n) is 6.97. The fourth-order valence-corrected chi connectivity index (χ4v) is 2.03. The van der Waals surface area contributed by atoms with E-state index in [9.17, 15) is 9.59 Å². The van der Waals surface area contributed by atoms with Gasteiger partial charge < -0.3 is 15.2 Å². The number of carboxylic acid groups (broad SMARTS) is 1. The van der Waals surface area contributed by atoms with E-state index in [4.69, 9.17) is 21.4 Å². The van der Waals surface area contributed by atoms with E-state index in [1.165, 1.54) is 13.8 Å². The van der Waals surface area contributed by atoms with Crippen molar-refractivity contribution in [3.05, 3.63) is 35.5 Å². The molecule has 1 amide bonds. The number of aliphatic carboxylic acids is 1. The monoisotopic (exact) mass is 336 g/mol. The number of halogens is 1. The maximum absolute atomic E-state index is 11.8. The molecule has 0 aliphatic rings. The number of carboxylic acids is 1. The summed E-state index contributed by atoms with van der Waals surface area (Å²) in [5, 5.41) is 12.8. The van der Waals surface area contributed by atoms with Crippen LogP contribution >= 0.6 is 11.6 Å². The van der Waals surface area contributed by atoms with Crippen LogP contribution in [0.2, 0.25) is 5.02 Å². The maximum atomic E-state index is 11.8. The van der Waals surface area contributed by atoms with E-state index in [1.54, 1.807) is 24.4 Å². The lowest BCUT2D eigenvalue weighted by molar-refractivity contribution is -0.146. The van der Waals surface area contributed by atoms with Crippen LogP contribution in [0.15, 0.2) is 30.5 Å². The zero-order valence-corrected chi connectivity index (χ0v) is 13.6. The van der Waals surface area contributed by atoms with Crippen molar-refractivity contribution < 1.29 is 19.4 Å². The van der Waals surface area contributed by atoms with Crippen molar-refractivity contribution in [1.82, 2.24) is 10.3 Å². The zero-order chi connectivity index (χ0) is 17.0. The number of fused-ring (bicyclic) bond motifs is 1. The van der Waals surface area contributed by atoms with Gasteiger partial charge in [0.25, 0.3) is 5.91 Å². The molecule has 122 valence electrons. The Kier molecular flexibility index (Phi) is 5.05. The number of amides is 1. The minimum atomic E-state index is -1.04. The SMILES string of the molecule is CC(C)(CNC(=O)COc1ccc(Cl)c2cccnc12)C(=O)O. The first-order chi connectivity index (χ1) is 10.8. The lowest BCUT2D eigenvalue weighted by Gasteiger charge is -2.19. The summed E-state index contributed by atoms with van der Waals surface area (Å²) >= 11 is 6.09. The molecule has 0 saturated carbocycles. The second kappa shape index (κ2) is 6.83. The van der Waals surface area contributed by atoms with Crippen molar-refractivity contribution in [2.24, 2.45) is 5.41 Å². The van der Waals surface area contributed by atoms with Crippen molar-refractivity contribution in [2.45, 2.75) is 13.8 Å². The summed E-state index contributed by atoms with van der Waals surface area (Å²) in [6, 6.07) is 6.89. The van der Waals surface area contributed by atoms with E-state index in [0.717, 1.165) is 5.39 Å². The van der Waals surface area contributed by atoms with Crippen molar-refractivity contribution in [1.29, 1.82) is 0 Å². The summed E-state index contributed by atoms with van der Waals surface area (Å²) in [5.41, 5.74) is -0.469. The Hall–Kier alpha value is -2.34. The first-order valence-corrected chi connectivity index (χ1v) is 7.35. The highest BCUT2D eigenvalue weighted by molar-refractivity contribution is 6.35. The number of hydrogen-bond acceptors (Lipinski definition) is 4. The van der Waals surface area contributed by atoms with Gasteiger partial charge >= 0.3 is 5.97 Å². The molecule has 7 heteroatoms. The molecule has 6 nitrogen and oxygen atoms in total. The number of carbonyl (C=O) groups excluding carboxylic acids is 1. The largest absolute Gasteiger partial charge is 0.481 e. The van der Waals surface area contributed by atoms with Gasteiger partial charge in [0.1, 0.15) is 11.3 Å². The van der Waals surface area contributed by atoms with E-state index < -0.39 is 17.3 Å². The predicted molar refractivity (Wildman–Crippen MR) is 86.7 cm³/mol. The van der Waals surface area contributed by atoms with Crippen LogP contribution in [0.5, 0.6) is 5.75 Å². The van der Waals surface area contributed by atoms with Crippen LogP contribution in [0.1, 0.15) is 13.8 Å². The molecule has 0 saturated heterocycles. The van der Waals surface area contributed by atoms with Crippen LogP contribution in [0.25, 0.3) is 10.9 Å². The molecule has 1 aromatic carbocycles. The standard InChI is InChI=1S/C16H17ClN2O4/c1-16(2,15(21)22)9-19-13(20)8-23-12-6-5-11(17)10-4-3-7-18-14(10)12/h3-7H,8-9H2,1-2H3,(H,19,20)(H,21,22). The van der Waals surface area contributed by atoms with E-state index in [1.807, 2.05) is 6.07 Å². The molecule has 1 heterocycles. The van der Waals surface area contributed by atoms with Gasteiger partial charge in [-0.15, -0.1) is 0 Å². The minimum absolute atomic E-state index is 0.0180. The lowest BCUT2D eigenvalue weighted by atomic mass is 9.94. The van der Waals surface area contributed by atoms with E-state index >= 15 is 0 Å². The lowest BCUT2D eigenvalue weighted by Crippen LogP contribution is -2.40. The molecule has 2 N–H and O–H groups in total. The fourth-order valence-electron chi connectivity index (χ4n) is 1.82. The summed E-state index contributed by atoms with van der Waals surface area (Å²) in [6.45, 7) is 2.85. The molecule has 0 aliphatic heterocycles. The molecular formula is C16H17ClN2O4. The van der Waals surface area contributed by atoms with Gasteiger partial charge in [-0.25, -0.2) is 0 Å². The average molecular weight is 337 g/mol. The Bertz CT molecular complexity index is 746. The smallest absolute Gasteiger partial charge is 0.310 e. The minimum Gasteiger partial charge on any atom is -0.481 e. The second-order valence-corrected chi connectivity index (χ2v) is 6.11. The summed E-state index contributed by atoms with van der Waals surface area (Å²) in [5.74, 6) is -0.942. The van der Waals surface area contributed by atoms with Crippen molar-refractivity contribution in [3.8, 4) is 5.75 Å². The number of hydrogen-bond donors (Lipinski definition) is 2. The Balaban J connectivity index is 2.00. The van der Waals surface area contributed by atoms with Gasteiger partial charge in [0, 0.05) is 18.1 Å². The molecule has 0 radical (unpaired) electrons. The summed E-state index contributed by atoms with van der Waals surface area (Å²) in [7, 11) is 0. The molecule has 2 rings (SSSR count). The van der Waals surface area contributed by atoms with Gasteiger partial charge in [-0.1, -0.05) is 11.6 Å². The Labute approximate surface area is 138 Å². The van der Waals surface area contributed by atoms with Gasteiger partial charge in [0.2, 0.25) is 0 Å². The molecule has 0 spiro atoms. The Morgan fingerprint density at radius 3 is 2.78 bits per heavy atom. The zero-order valence-electron chi connectivity index (χ0n) is 12.8. The van der Waals surface area contributed by atoms with Crippen molar-refractivity contribution >= 4 is 34.4 Å². The van der Waals surface area contributed by atoms with E-state index in [2.05, 4.69) is 10.3 Å². The van der Waals surface area contributed by atoms with Crippen LogP contribution in [0, 0.1) is 5.41 Å². The molecule has 0 unspecified atom stereocenters. The number of pyridine rings is 1. The third-order valence-electron chi connectivity index (χ3n) is 3.34.